The SMILES string of the molecule is COC(=O)C1(C2CCCCCCC2=O)NC(=S)NC(=O)C1C#N. The molecule has 3 unspecified atom stereocenters. The Balaban J connectivity index is 2.54. The predicted octanol–water partition coefficient (Wildman–Crippen LogP) is 0.582. The quantitative estimate of drug-likeness (QED) is 0.560. The molecule has 2 rings (SSSR count). The first-order valence-electron chi connectivity index (χ1n) is 7.61. The summed E-state index contributed by atoms with van der Waals surface area (Å²) in [6.07, 6.45) is 4.10. The summed E-state index contributed by atoms with van der Waals surface area (Å²) in [5.74, 6) is -3.82. The number of amides is 1. The van der Waals surface area contributed by atoms with Gasteiger partial charge in [-0.1, -0.05) is 19.3 Å². The molecule has 1 aliphatic heterocycles. The maximum Gasteiger partial charge on any atom is 0.334 e. The first-order valence-corrected chi connectivity index (χ1v) is 8.02. The second-order valence-electron chi connectivity index (χ2n) is 5.84. The van der Waals surface area contributed by atoms with Crippen LogP contribution in [0.2, 0.25) is 0 Å². The van der Waals surface area contributed by atoms with Crippen molar-refractivity contribution in [1.29, 1.82) is 5.26 Å². The van der Waals surface area contributed by atoms with Crippen molar-refractivity contribution in [3.63, 3.8) is 0 Å². The Morgan fingerprint density at radius 2 is 2.04 bits per heavy atom. The normalized spacial score (nSPS) is 31.9. The molecular weight excluding hydrogens is 318 g/mol. The fourth-order valence-electron chi connectivity index (χ4n) is 3.43. The van der Waals surface area contributed by atoms with Crippen molar-refractivity contribution in [2.24, 2.45) is 11.8 Å². The van der Waals surface area contributed by atoms with Crippen molar-refractivity contribution >= 4 is 35.0 Å². The third-order valence-corrected chi connectivity index (χ3v) is 4.74. The van der Waals surface area contributed by atoms with Crippen molar-refractivity contribution in [3.05, 3.63) is 0 Å². The number of hydrogen-bond acceptors (Lipinski definition) is 6. The standard InChI is InChI=1S/C15H19N3O4S/c1-22-13(21)15(9-6-4-2-3-5-7-11(9)19)10(8-16)12(20)17-14(23)18-15/h9-10H,2-7H2,1H3,(H2,17,18,20,23). The minimum Gasteiger partial charge on any atom is -0.467 e. The van der Waals surface area contributed by atoms with Crippen molar-refractivity contribution in [2.45, 2.75) is 44.1 Å². The number of nitriles is 1. The van der Waals surface area contributed by atoms with Crippen LogP contribution in [0, 0.1) is 23.2 Å². The van der Waals surface area contributed by atoms with Crippen LogP contribution in [0.1, 0.15) is 38.5 Å². The number of carbonyl (C=O) groups excluding carboxylic acids is 3. The highest BCUT2D eigenvalue weighted by atomic mass is 32.1. The number of methoxy groups -OCH3 is 1. The molecule has 2 N–H and O–H groups in total. The van der Waals surface area contributed by atoms with E-state index in [2.05, 4.69) is 10.6 Å². The third-order valence-electron chi connectivity index (χ3n) is 4.53. The first kappa shape index (κ1) is 17.3. The summed E-state index contributed by atoms with van der Waals surface area (Å²) in [6.45, 7) is 0. The lowest BCUT2D eigenvalue weighted by Gasteiger charge is -2.44. The van der Waals surface area contributed by atoms with Gasteiger partial charge in [-0.05, 0) is 25.1 Å². The monoisotopic (exact) mass is 337 g/mol. The lowest BCUT2D eigenvalue weighted by Crippen LogP contribution is -2.73. The van der Waals surface area contributed by atoms with E-state index in [1.165, 1.54) is 7.11 Å². The number of rotatable bonds is 2. The molecule has 8 heteroatoms. The average molecular weight is 337 g/mol. The smallest absolute Gasteiger partial charge is 0.334 e. The van der Waals surface area contributed by atoms with Gasteiger partial charge in [-0.25, -0.2) is 4.79 Å². The molecule has 0 bridgehead atoms. The van der Waals surface area contributed by atoms with Crippen LogP contribution in [0.5, 0.6) is 0 Å². The molecule has 0 radical (unpaired) electrons. The molecular formula is C15H19N3O4S. The third kappa shape index (κ3) is 3.06. The van der Waals surface area contributed by atoms with E-state index in [0.717, 1.165) is 25.7 Å². The Morgan fingerprint density at radius 1 is 1.35 bits per heavy atom. The summed E-state index contributed by atoms with van der Waals surface area (Å²) < 4.78 is 4.85. The first-order chi connectivity index (χ1) is 11.0. The van der Waals surface area contributed by atoms with Crippen LogP contribution in [0.25, 0.3) is 0 Å². The van der Waals surface area contributed by atoms with E-state index in [-0.39, 0.29) is 10.9 Å². The van der Waals surface area contributed by atoms with Gasteiger partial charge in [0.2, 0.25) is 5.91 Å². The molecule has 23 heavy (non-hydrogen) atoms. The molecule has 0 aromatic carbocycles. The zero-order valence-corrected chi connectivity index (χ0v) is 13.7. The van der Waals surface area contributed by atoms with Crippen molar-refractivity contribution in [1.82, 2.24) is 10.6 Å². The maximum absolute atomic E-state index is 12.6. The largest absolute Gasteiger partial charge is 0.467 e. The zero-order chi connectivity index (χ0) is 17.0. The molecule has 2 aliphatic rings. The number of esters is 1. The van der Waals surface area contributed by atoms with Gasteiger partial charge in [0.15, 0.2) is 16.6 Å². The van der Waals surface area contributed by atoms with E-state index in [4.69, 9.17) is 17.0 Å². The minimum absolute atomic E-state index is 0.0678. The summed E-state index contributed by atoms with van der Waals surface area (Å²) in [7, 11) is 1.17. The number of nitrogens with one attached hydrogen (secondary N) is 2. The number of Topliss-reactive ketones (excluding diaryl/α,β-unsaturated/α-hetero) is 1. The van der Waals surface area contributed by atoms with Crippen molar-refractivity contribution in [3.8, 4) is 6.07 Å². The summed E-state index contributed by atoms with van der Waals surface area (Å²) in [4.78, 5) is 37.4. The zero-order valence-electron chi connectivity index (χ0n) is 12.9. The number of carbonyl (C=O) groups is 3. The van der Waals surface area contributed by atoms with Crippen molar-refractivity contribution < 1.29 is 19.1 Å². The summed E-state index contributed by atoms with van der Waals surface area (Å²) >= 11 is 5.00. The van der Waals surface area contributed by atoms with Crippen molar-refractivity contribution in [2.75, 3.05) is 7.11 Å². The highest BCUT2D eigenvalue weighted by molar-refractivity contribution is 7.80. The molecule has 0 aromatic rings. The fraction of sp³-hybridized carbons (Fsp3) is 0.667. The van der Waals surface area contributed by atoms with Gasteiger partial charge in [0.05, 0.1) is 19.1 Å². The molecule has 1 saturated carbocycles. The van der Waals surface area contributed by atoms with Gasteiger partial charge in [-0.3, -0.25) is 9.59 Å². The second kappa shape index (κ2) is 7.04. The van der Waals surface area contributed by atoms with Crippen LogP contribution < -0.4 is 10.6 Å². The van der Waals surface area contributed by atoms with Gasteiger partial charge in [-0.2, -0.15) is 5.26 Å². The molecule has 0 aromatic heterocycles. The highest BCUT2D eigenvalue weighted by Crippen LogP contribution is 2.36. The second-order valence-corrected chi connectivity index (χ2v) is 6.25. The fourth-order valence-corrected chi connectivity index (χ4v) is 3.70. The van der Waals surface area contributed by atoms with Crippen LogP contribution in [0.15, 0.2) is 0 Å². The molecule has 2 fully saturated rings. The van der Waals surface area contributed by atoms with E-state index in [9.17, 15) is 19.6 Å². The lowest BCUT2D eigenvalue weighted by molar-refractivity contribution is -0.159. The molecule has 1 saturated heterocycles. The lowest BCUT2D eigenvalue weighted by atomic mass is 9.67. The van der Waals surface area contributed by atoms with Gasteiger partial charge in [0, 0.05) is 6.42 Å². The highest BCUT2D eigenvalue weighted by Gasteiger charge is 2.60. The van der Waals surface area contributed by atoms with Gasteiger partial charge in [-0.15, -0.1) is 0 Å². The molecule has 124 valence electrons. The minimum atomic E-state index is -1.75. The van der Waals surface area contributed by atoms with E-state index in [0.29, 0.717) is 12.8 Å². The van der Waals surface area contributed by atoms with Gasteiger partial charge >= 0.3 is 5.97 Å². The van der Waals surface area contributed by atoms with E-state index in [1.54, 1.807) is 0 Å². The number of ketones is 1. The van der Waals surface area contributed by atoms with E-state index < -0.39 is 29.3 Å². The van der Waals surface area contributed by atoms with Crippen LogP contribution in [-0.2, 0) is 19.1 Å². The summed E-state index contributed by atoms with van der Waals surface area (Å²) in [5, 5.41) is 14.5. The summed E-state index contributed by atoms with van der Waals surface area (Å²) in [6, 6.07) is 1.85. The molecule has 1 heterocycles. The number of ether oxygens (including phenoxy) is 1. The Hall–Kier alpha value is -2.01. The Labute approximate surface area is 139 Å². The van der Waals surface area contributed by atoms with E-state index in [1.807, 2.05) is 6.07 Å². The van der Waals surface area contributed by atoms with Gasteiger partial charge in [0.1, 0.15) is 5.78 Å². The number of nitrogens with zero attached hydrogens (tertiary/aromatic N) is 1. The van der Waals surface area contributed by atoms with Gasteiger partial charge in [0.25, 0.3) is 0 Å². The van der Waals surface area contributed by atoms with E-state index >= 15 is 0 Å². The van der Waals surface area contributed by atoms with Gasteiger partial charge < -0.3 is 15.4 Å². The molecule has 7 nitrogen and oxygen atoms in total. The number of thiocarbonyl (C=S) groups is 1. The molecule has 1 aliphatic carbocycles. The molecule has 0 spiro atoms. The molecule has 3 atom stereocenters. The average Bonchev–Trinajstić information content (AvgIpc) is 2.49. The van der Waals surface area contributed by atoms with Crippen LogP contribution in [0.3, 0.4) is 0 Å². The Morgan fingerprint density at radius 3 is 2.70 bits per heavy atom. The molecule has 1 amide bonds. The Bertz CT molecular complexity index is 586. The van der Waals surface area contributed by atoms with Crippen LogP contribution in [-0.4, -0.2) is 35.4 Å². The van der Waals surface area contributed by atoms with Crippen LogP contribution >= 0.6 is 12.2 Å². The maximum atomic E-state index is 12.6. The predicted molar refractivity (Wildman–Crippen MR) is 83.9 cm³/mol. The van der Waals surface area contributed by atoms with Crippen LogP contribution in [0.4, 0.5) is 0 Å². The Kier molecular flexibility index (Phi) is 5.31. The topological polar surface area (TPSA) is 108 Å². The number of hydrogen-bond donors (Lipinski definition) is 2. The summed E-state index contributed by atoms with van der Waals surface area (Å²) in [5.41, 5.74) is -1.75.